The van der Waals surface area contributed by atoms with Crippen molar-refractivity contribution >= 4 is 11.9 Å². The quantitative estimate of drug-likeness (QED) is 0.382. The van der Waals surface area contributed by atoms with E-state index in [1.54, 1.807) is 20.8 Å². The Morgan fingerprint density at radius 3 is 1.68 bits per heavy atom. The minimum Gasteiger partial charge on any atom is -0.464 e. The molecule has 0 atom stereocenters. The predicted molar refractivity (Wildman–Crippen MR) is 121 cm³/mol. The predicted octanol–water partition coefficient (Wildman–Crippen LogP) is 3.51. The zero-order valence-corrected chi connectivity index (χ0v) is 19.0. The summed E-state index contributed by atoms with van der Waals surface area (Å²) in [6.45, 7) is 7.81. The molecular formula is C25H34N2O4. The lowest BCUT2D eigenvalue weighted by molar-refractivity contribution is -0.174. The maximum atomic E-state index is 13.0. The molecule has 6 heteroatoms. The van der Waals surface area contributed by atoms with E-state index < -0.39 is 17.5 Å². The molecule has 0 aliphatic rings. The van der Waals surface area contributed by atoms with E-state index in [-0.39, 0.29) is 13.2 Å². The lowest BCUT2D eigenvalue weighted by Gasteiger charge is -2.37. The summed E-state index contributed by atoms with van der Waals surface area (Å²) < 4.78 is 10.6. The number of esters is 2. The van der Waals surface area contributed by atoms with E-state index in [1.807, 2.05) is 60.5 Å². The average Bonchev–Trinajstić information content (AvgIpc) is 2.77. The highest BCUT2D eigenvalue weighted by Gasteiger charge is 2.49. The van der Waals surface area contributed by atoms with Gasteiger partial charge in [0.2, 0.25) is 5.54 Å². The van der Waals surface area contributed by atoms with E-state index in [0.29, 0.717) is 19.6 Å². The number of likely N-dealkylation sites (N-methyl/N-ethyl adjacent to an activating group) is 1. The Morgan fingerprint density at radius 1 is 0.774 bits per heavy atom. The Hall–Kier alpha value is -2.70. The van der Waals surface area contributed by atoms with Crippen molar-refractivity contribution in [2.75, 3.05) is 33.4 Å². The summed E-state index contributed by atoms with van der Waals surface area (Å²) in [6, 6.07) is 20.0. The van der Waals surface area contributed by atoms with Gasteiger partial charge in [0.05, 0.1) is 13.2 Å². The van der Waals surface area contributed by atoms with Crippen LogP contribution in [0.15, 0.2) is 60.7 Å². The Bertz CT molecular complexity index is 793. The summed E-state index contributed by atoms with van der Waals surface area (Å²) >= 11 is 0. The molecule has 2 aromatic rings. The molecule has 2 aromatic carbocycles. The molecule has 0 heterocycles. The maximum absolute atomic E-state index is 13.0. The number of hydrogen-bond acceptors (Lipinski definition) is 6. The van der Waals surface area contributed by atoms with Crippen molar-refractivity contribution in [3.05, 3.63) is 71.8 Å². The van der Waals surface area contributed by atoms with Crippen LogP contribution in [0.2, 0.25) is 0 Å². The van der Waals surface area contributed by atoms with Gasteiger partial charge in [-0.05, 0) is 38.9 Å². The molecule has 0 bridgehead atoms. The highest BCUT2D eigenvalue weighted by atomic mass is 16.6. The molecule has 0 unspecified atom stereocenters. The maximum Gasteiger partial charge on any atom is 0.338 e. The Morgan fingerprint density at radius 2 is 1.23 bits per heavy atom. The van der Waals surface area contributed by atoms with E-state index in [2.05, 4.69) is 17.0 Å². The van der Waals surface area contributed by atoms with E-state index in [4.69, 9.17) is 9.47 Å². The molecule has 0 aromatic heterocycles. The molecule has 168 valence electrons. The van der Waals surface area contributed by atoms with E-state index in [9.17, 15) is 9.59 Å². The minimum atomic E-state index is -1.53. The average molecular weight is 427 g/mol. The number of hydrogen-bond donors (Lipinski definition) is 0. The van der Waals surface area contributed by atoms with E-state index in [0.717, 1.165) is 12.1 Å². The van der Waals surface area contributed by atoms with Gasteiger partial charge in [-0.15, -0.1) is 0 Å². The van der Waals surface area contributed by atoms with Crippen molar-refractivity contribution in [3.8, 4) is 0 Å². The third-order valence-corrected chi connectivity index (χ3v) is 5.24. The van der Waals surface area contributed by atoms with Crippen LogP contribution < -0.4 is 0 Å². The molecule has 0 radical (unpaired) electrons. The van der Waals surface area contributed by atoms with Crippen molar-refractivity contribution in [2.45, 2.75) is 39.4 Å². The molecule has 31 heavy (non-hydrogen) atoms. The topological polar surface area (TPSA) is 59.1 Å². The first kappa shape index (κ1) is 24.6. The third-order valence-electron chi connectivity index (χ3n) is 5.24. The molecule has 0 spiro atoms. The van der Waals surface area contributed by atoms with E-state index >= 15 is 0 Å². The van der Waals surface area contributed by atoms with Crippen molar-refractivity contribution in [2.24, 2.45) is 0 Å². The smallest absolute Gasteiger partial charge is 0.338 e. The zero-order chi connectivity index (χ0) is 22.7. The number of carbonyl (C=O) groups is 2. The van der Waals surface area contributed by atoms with Gasteiger partial charge in [0.25, 0.3) is 0 Å². The van der Waals surface area contributed by atoms with Crippen LogP contribution in [0, 0.1) is 0 Å². The molecule has 0 saturated carbocycles. The number of rotatable bonds is 12. The SMILES string of the molecule is CCOC(=O)C(C)(C(=O)OCC)N(CCN(C)Cc1ccccc1)Cc1ccccc1. The molecule has 6 nitrogen and oxygen atoms in total. The molecule has 0 amide bonds. The second-order valence-corrected chi connectivity index (χ2v) is 7.64. The van der Waals surface area contributed by atoms with Gasteiger partial charge in [0.1, 0.15) is 0 Å². The highest BCUT2D eigenvalue weighted by molar-refractivity contribution is 6.04. The Kier molecular flexibility index (Phi) is 9.69. The summed E-state index contributed by atoms with van der Waals surface area (Å²) in [6.07, 6.45) is 0. The molecule has 0 fully saturated rings. The van der Waals surface area contributed by atoms with Crippen molar-refractivity contribution in [1.29, 1.82) is 0 Å². The summed E-state index contributed by atoms with van der Waals surface area (Å²) in [7, 11) is 2.03. The van der Waals surface area contributed by atoms with Crippen LogP contribution in [0.25, 0.3) is 0 Å². The number of benzene rings is 2. The van der Waals surface area contributed by atoms with Gasteiger partial charge < -0.3 is 14.4 Å². The van der Waals surface area contributed by atoms with Crippen LogP contribution in [0.4, 0.5) is 0 Å². The zero-order valence-electron chi connectivity index (χ0n) is 19.0. The second kappa shape index (κ2) is 12.2. The number of ether oxygens (including phenoxy) is 2. The highest BCUT2D eigenvalue weighted by Crippen LogP contribution is 2.23. The van der Waals surface area contributed by atoms with Crippen molar-refractivity contribution in [3.63, 3.8) is 0 Å². The first-order chi connectivity index (χ1) is 14.9. The van der Waals surface area contributed by atoms with Gasteiger partial charge in [-0.2, -0.15) is 0 Å². The summed E-state index contributed by atoms with van der Waals surface area (Å²) in [5, 5.41) is 0. The fourth-order valence-electron chi connectivity index (χ4n) is 3.41. The monoisotopic (exact) mass is 426 g/mol. The molecule has 0 N–H and O–H groups in total. The lowest BCUT2D eigenvalue weighted by Crippen LogP contribution is -2.60. The fourth-order valence-corrected chi connectivity index (χ4v) is 3.41. The van der Waals surface area contributed by atoms with Crippen LogP contribution >= 0.6 is 0 Å². The van der Waals surface area contributed by atoms with Gasteiger partial charge in [0, 0.05) is 26.2 Å². The lowest BCUT2D eigenvalue weighted by atomic mass is 9.98. The molecule has 2 rings (SSSR count). The van der Waals surface area contributed by atoms with Crippen LogP contribution in [0.5, 0.6) is 0 Å². The van der Waals surface area contributed by atoms with Crippen LogP contribution in [-0.2, 0) is 32.2 Å². The largest absolute Gasteiger partial charge is 0.464 e. The normalized spacial score (nSPS) is 11.5. The second-order valence-electron chi connectivity index (χ2n) is 7.64. The first-order valence-electron chi connectivity index (χ1n) is 10.8. The molecule has 0 aliphatic heterocycles. The fraction of sp³-hybridized carbons (Fsp3) is 0.440. The van der Waals surface area contributed by atoms with Crippen LogP contribution in [-0.4, -0.2) is 60.6 Å². The molecule has 0 saturated heterocycles. The van der Waals surface area contributed by atoms with Crippen molar-refractivity contribution in [1.82, 2.24) is 9.80 Å². The summed E-state index contributed by atoms with van der Waals surface area (Å²) in [4.78, 5) is 30.0. The van der Waals surface area contributed by atoms with Gasteiger partial charge in [0.15, 0.2) is 0 Å². The molecular weight excluding hydrogens is 392 g/mol. The minimum absolute atomic E-state index is 0.195. The van der Waals surface area contributed by atoms with Gasteiger partial charge in [-0.25, -0.2) is 9.59 Å². The van der Waals surface area contributed by atoms with Gasteiger partial charge >= 0.3 is 11.9 Å². The Labute approximate surface area is 185 Å². The van der Waals surface area contributed by atoms with Gasteiger partial charge in [-0.3, -0.25) is 4.90 Å². The third kappa shape index (κ3) is 6.91. The summed E-state index contributed by atoms with van der Waals surface area (Å²) in [5.74, 6) is -1.18. The van der Waals surface area contributed by atoms with Gasteiger partial charge in [-0.1, -0.05) is 60.7 Å². The van der Waals surface area contributed by atoms with Crippen LogP contribution in [0.3, 0.4) is 0 Å². The first-order valence-corrected chi connectivity index (χ1v) is 10.8. The number of carbonyl (C=O) groups excluding carboxylic acids is 2. The molecule has 0 aliphatic carbocycles. The van der Waals surface area contributed by atoms with Crippen molar-refractivity contribution < 1.29 is 19.1 Å². The summed E-state index contributed by atoms with van der Waals surface area (Å²) in [5.41, 5.74) is 0.682. The standard InChI is InChI=1S/C25H34N2O4/c1-5-30-23(28)25(3,24(29)31-6-2)27(20-22-15-11-8-12-16-22)18-17-26(4)19-21-13-9-7-10-14-21/h7-16H,5-6,17-20H2,1-4H3. The van der Waals surface area contributed by atoms with Crippen LogP contribution in [0.1, 0.15) is 31.9 Å². The number of nitrogens with zero attached hydrogens (tertiary/aromatic N) is 2. The van der Waals surface area contributed by atoms with E-state index in [1.165, 1.54) is 5.56 Å². The Balaban J connectivity index is 2.25.